The van der Waals surface area contributed by atoms with E-state index in [0.717, 1.165) is 49.7 Å². The predicted octanol–water partition coefficient (Wildman–Crippen LogP) is 0.139. The van der Waals surface area contributed by atoms with Gasteiger partial charge in [-0.25, -0.2) is 8.98 Å². The first-order valence-corrected chi connectivity index (χ1v) is 27.0. The van der Waals surface area contributed by atoms with Gasteiger partial charge in [-0.3, -0.25) is 4.55 Å². The molecule has 8 fully saturated rings. The number of hydrogen-bond donors (Lipinski definition) is 9. The van der Waals surface area contributed by atoms with Gasteiger partial charge in [-0.1, -0.05) is 58.4 Å². The van der Waals surface area contributed by atoms with Gasteiger partial charge >= 0.3 is 16.4 Å². The number of allylic oxidation sites excluding steroid dienone is 1. The summed E-state index contributed by atoms with van der Waals surface area (Å²) in [6, 6.07) is 0. The standard InChI is InChI=1S/C49H76O22S/c1-20(2)34(50)43(58)62-18-30-36(52)39(55)41(57)45(67-30)66-25-14-24-8-9-26-27(11-12-47(6)28(26)16-29-33(47)22(4)49(70-29)13-10-21(3)17-64-49)48(24,7)32(15-25)68-46-42(37(53)31(19-63-46)71-72(59,60)61)69-44-40(56)38(54)35(51)23(5)65-44/h8,20,22-23,25-42,44-46,50-57H,3,9-19H2,1-2,4-7H3,(H,59,60,61)/t22-,23-,25+,26+,27-,28-,29-,30+,31-,32+,33-,34?,35-,36+,37-,38+,39-,40+,41+,42+,44-,45+,46-,47-,48-,49+/m0/s1. The molecule has 23 heteroatoms. The van der Waals surface area contributed by atoms with E-state index in [0.29, 0.717) is 13.0 Å². The monoisotopic (exact) mass is 1050 g/mol. The van der Waals surface area contributed by atoms with E-state index >= 15 is 0 Å². The number of carbonyl (C=O) groups is 1. The van der Waals surface area contributed by atoms with Crippen molar-refractivity contribution < 1.29 is 105 Å². The minimum atomic E-state index is -5.15. The molecule has 9 N–H and O–H groups in total. The summed E-state index contributed by atoms with van der Waals surface area (Å²) in [7, 11) is -5.15. The SMILES string of the molecule is C=C1CC[C@@]2(OC1)O[C@H]1C[C@H]3[C@@H]4CC=C5C[C@@H](O[C@@H]6O[C@H](COC(=O)C(O)C(C)C)[C@@H](O)[C@H](O)[C@H]6O)C[C@@H](O[C@@H]6OC[C@H](OS(=O)(=O)O)[C@H](O)[C@H]6O[C@@H]6O[C@@H](C)[C@H](O)[C@@H](O)[C@H]6O)[C@]5(C)[C@H]4CC[C@]3(C)[C@H]1[C@@H]2C. The summed E-state index contributed by atoms with van der Waals surface area (Å²) in [5, 5.41) is 87.4. The number of fused-ring (bicyclic) bond motifs is 7. The molecule has 0 aromatic heterocycles. The molecule has 72 heavy (non-hydrogen) atoms. The molecular weight excluding hydrogens is 973 g/mol. The lowest BCUT2D eigenvalue weighted by Gasteiger charge is -2.61. The van der Waals surface area contributed by atoms with E-state index in [1.807, 2.05) is 0 Å². The van der Waals surface area contributed by atoms with E-state index in [-0.39, 0.29) is 47.5 Å². The van der Waals surface area contributed by atoms with Gasteiger partial charge in [0.1, 0.15) is 67.6 Å². The Morgan fingerprint density at radius 3 is 2.24 bits per heavy atom. The molecule has 0 aromatic carbocycles. The first-order valence-electron chi connectivity index (χ1n) is 25.6. The van der Waals surface area contributed by atoms with E-state index in [1.165, 1.54) is 6.92 Å². The predicted molar refractivity (Wildman–Crippen MR) is 245 cm³/mol. The Hall–Kier alpha value is -1.82. The highest BCUT2D eigenvalue weighted by Crippen LogP contribution is 2.71. The molecule has 410 valence electrons. The fraction of sp³-hybridized carbons (Fsp3) is 0.898. The number of aliphatic hydroxyl groups excluding tert-OH is 8. The highest BCUT2D eigenvalue weighted by molar-refractivity contribution is 7.80. The summed E-state index contributed by atoms with van der Waals surface area (Å²) >= 11 is 0. The van der Waals surface area contributed by atoms with Crippen LogP contribution in [0.3, 0.4) is 0 Å². The molecule has 22 nitrogen and oxygen atoms in total. The van der Waals surface area contributed by atoms with Crippen molar-refractivity contribution in [3.63, 3.8) is 0 Å². The molecule has 9 aliphatic rings. The summed E-state index contributed by atoms with van der Waals surface area (Å²) in [6.45, 7) is 14.8. The van der Waals surface area contributed by atoms with Gasteiger partial charge in [0, 0.05) is 24.2 Å². The lowest BCUT2D eigenvalue weighted by Crippen LogP contribution is -2.64. The number of hydrogen-bond acceptors (Lipinski definition) is 21. The highest BCUT2D eigenvalue weighted by atomic mass is 32.3. The third kappa shape index (κ3) is 9.80. The van der Waals surface area contributed by atoms with Gasteiger partial charge < -0.3 is 83.5 Å². The van der Waals surface area contributed by atoms with Crippen molar-refractivity contribution in [2.24, 2.45) is 46.3 Å². The smallest absolute Gasteiger partial charge is 0.397 e. The maximum Gasteiger partial charge on any atom is 0.397 e. The highest BCUT2D eigenvalue weighted by Gasteiger charge is 2.70. The number of esters is 1. The van der Waals surface area contributed by atoms with Crippen LogP contribution >= 0.6 is 0 Å². The van der Waals surface area contributed by atoms with E-state index in [4.69, 9.17) is 46.8 Å². The van der Waals surface area contributed by atoms with Crippen molar-refractivity contribution in [1.29, 1.82) is 0 Å². The summed E-state index contributed by atoms with van der Waals surface area (Å²) in [4.78, 5) is 12.5. The molecule has 5 heterocycles. The van der Waals surface area contributed by atoms with Gasteiger partial charge in [-0.15, -0.1) is 0 Å². The molecule has 0 radical (unpaired) electrons. The number of carbonyl (C=O) groups excluding carboxylic acids is 1. The van der Waals surface area contributed by atoms with Gasteiger partial charge in [-0.05, 0) is 80.5 Å². The maximum absolute atomic E-state index is 12.5. The summed E-state index contributed by atoms with van der Waals surface area (Å²) in [6.07, 6.45) is -18.8. The molecule has 1 unspecified atom stereocenters. The normalized spacial score (nSPS) is 50.9. The van der Waals surface area contributed by atoms with Crippen LogP contribution in [0.15, 0.2) is 23.8 Å². The van der Waals surface area contributed by atoms with Crippen LogP contribution in [-0.4, -0.2) is 196 Å². The van der Waals surface area contributed by atoms with Crippen LogP contribution in [0.4, 0.5) is 0 Å². The van der Waals surface area contributed by atoms with Crippen LogP contribution in [0.25, 0.3) is 0 Å². The van der Waals surface area contributed by atoms with E-state index in [1.54, 1.807) is 13.8 Å². The van der Waals surface area contributed by atoms with Crippen molar-refractivity contribution in [1.82, 2.24) is 0 Å². The van der Waals surface area contributed by atoms with Crippen LogP contribution in [0.5, 0.6) is 0 Å². The minimum absolute atomic E-state index is 0.00269. The topological polar surface area (TPSA) is 326 Å². The Kier molecular flexibility index (Phi) is 15.7. The quantitative estimate of drug-likeness (QED) is 0.0713. The van der Waals surface area contributed by atoms with Crippen LogP contribution in [-0.2, 0) is 62.0 Å². The first kappa shape index (κ1) is 55.0. The van der Waals surface area contributed by atoms with Crippen molar-refractivity contribution in [3.05, 3.63) is 23.8 Å². The molecule has 3 saturated carbocycles. The molecule has 1 spiro atoms. The molecule has 5 saturated heterocycles. The second-order valence-corrected chi connectivity index (χ2v) is 24.0. The van der Waals surface area contributed by atoms with E-state index in [2.05, 4.69) is 33.4 Å². The van der Waals surface area contributed by atoms with Crippen LogP contribution < -0.4 is 0 Å². The van der Waals surface area contributed by atoms with Gasteiger partial charge in [0.05, 0.1) is 37.6 Å². The van der Waals surface area contributed by atoms with Crippen LogP contribution in [0, 0.1) is 46.3 Å². The zero-order chi connectivity index (χ0) is 52.1. The van der Waals surface area contributed by atoms with Crippen molar-refractivity contribution in [3.8, 4) is 0 Å². The average Bonchev–Trinajstić information content (AvgIpc) is 3.77. The molecule has 5 aliphatic heterocycles. The largest absolute Gasteiger partial charge is 0.461 e. The summed E-state index contributed by atoms with van der Waals surface area (Å²) in [5.41, 5.74) is 1.14. The zero-order valence-corrected chi connectivity index (χ0v) is 42.5. The first-order chi connectivity index (χ1) is 33.8. The van der Waals surface area contributed by atoms with E-state index in [9.17, 15) is 58.6 Å². The molecule has 9 rings (SSSR count). The Morgan fingerprint density at radius 2 is 1.57 bits per heavy atom. The second-order valence-electron chi connectivity index (χ2n) is 22.9. The Balaban J connectivity index is 1.02. The van der Waals surface area contributed by atoms with Crippen LogP contribution in [0.1, 0.15) is 92.9 Å². The lowest BCUT2D eigenvalue weighted by molar-refractivity contribution is -0.363. The number of rotatable bonds is 12. The Bertz CT molecular complexity index is 2120. The van der Waals surface area contributed by atoms with E-state index < -0.39 is 151 Å². The fourth-order valence-electron chi connectivity index (χ4n) is 14.4. The third-order valence-electron chi connectivity index (χ3n) is 18.5. The lowest BCUT2D eigenvalue weighted by atomic mass is 9.46. The molecular formula is C49H76O22S. The number of ether oxygens (including phenoxy) is 9. The fourth-order valence-corrected chi connectivity index (χ4v) is 14.9. The van der Waals surface area contributed by atoms with Gasteiger partial charge in [-0.2, -0.15) is 8.42 Å². The maximum atomic E-state index is 12.5. The molecule has 0 aromatic rings. The third-order valence-corrected chi connectivity index (χ3v) is 18.9. The summed E-state index contributed by atoms with van der Waals surface area (Å²) in [5.74, 6) is -1.30. The van der Waals surface area contributed by atoms with Crippen molar-refractivity contribution in [2.45, 2.75) is 209 Å². The minimum Gasteiger partial charge on any atom is -0.461 e. The van der Waals surface area contributed by atoms with Gasteiger partial charge in [0.25, 0.3) is 0 Å². The second kappa shape index (κ2) is 20.5. The molecule has 26 atom stereocenters. The van der Waals surface area contributed by atoms with Crippen molar-refractivity contribution >= 4 is 16.4 Å². The molecule has 4 aliphatic carbocycles. The Labute approximate surface area is 419 Å². The van der Waals surface area contributed by atoms with Crippen LogP contribution in [0.2, 0.25) is 0 Å². The Morgan fingerprint density at radius 1 is 0.875 bits per heavy atom. The molecule has 0 amide bonds. The van der Waals surface area contributed by atoms with Crippen molar-refractivity contribution in [2.75, 3.05) is 19.8 Å². The molecule has 0 bridgehead atoms. The zero-order valence-electron chi connectivity index (χ0n) is 41.7. The average molecular weight is 1050 g/mol. The van der Waals surface area contributed by atoms with Gasteiger partial charge in [0.2, 0.25) is 0 Å². The summed E-state index contributed by atoms with van der Waals surface area (Å²) < 4.78 is 94.5. The number of aliphatic hydroxyl groups is 8. The van der Waals surface area contributed by atoms with Gasteiger partial charge in [0.15, 0.2) is 30.8 Å².